The topological polar surface area (TPSA) is 51.2 Å². The zero-order valence-corrected chi connectivity index (χ0v) is 15.8. The van der Waals surface area contributed by atoms with Crippen LogP contribution in [0.3, 0.4) is 0 Å². The van der Waals surface area contributed by atoms with Crippen LogP contribution >= 0.6 is 11.3 Å². The summed E-state index contributed by atoms with van der Waals surface area (Å²) >= 11 is 1.62. The van der Waals surface area contributed by atoms with Gasteiger partial charge >= 0.3 is 0 Å². The van der Waals surface area contributed by atoms with Gasteiger partial charge in [-0.3, -0.25) is 4.79 Å². The van der Waals surface area contributed by atoms with Crippen LogP contribution in [-0.2, 0) is 11.3 Å². The van der Waals surface area contributed by atoms with E-state index in [-0.39, 0.29) is 11.7 Å². The van der Waals surface area contributed by atoms with Crippen LogP contribution in [0.4, 0.5) is 4.39 Å². The Bertz CT molecular complexity index is 965. The van der Waals surface area contributed by atoms with Gasteiger partial charge in [0.25, 0.3) is 0 Å². The molecule has 1 amide bonds. The number of halogens is 1. The number of carbonyl (C=O) groups excluding carboxylic acids is 1. The summed E-state index contributed by atoms with van der Waals surface area (Å²) in [6.45, 7) is 2.39. The van der Waals surface area contributed by atoms with Crippen LogP contribution < -0.4 is 10.1 Å². The van der Waals surface area contributed by atoms with Crippen molar-refractivity contribution in [2.45, 2.75) is 13.5 Å². The number of nitrogens with zero attached hydrogens (tertiary/aromatic N) is 1. The summed E-state index contributed by atoms with van der Waals surface area (Å²) in [6, 6.07) is 12.4. The lowest BCUT2D eigenvalue weighted by atomic mass is 10.1. The molecule has 0 saturated heterocycles. The van der Waals surface area contributed by atoms with E-state index in [0.717, 1.165) is 21.8 Å². The highest BCUT2D eigenvalue weighted by molar-refractivity contribution is 7.09. The maximum atomic E-state index is 13.6. The van der Waals surface area contributed by atoms with Crippen molar-refractivity contribution in [2.75, 3.05) is 7.11 Å². The number of nitrogens with one attached hydrogen (secondary N) is 1. The standard InChI is InChI=1S/C21H19FN2O2S/c1-14-24-19(13-27-14)17-7-3-16(4-8-17)12-23-21(25)10-6-15-5-9-20(26-2)18(22)11-15/h3-11,13H,12H2,1-2H3,(H,23,25)/b10-6+. The molecule has 0 aliphatic heterocycles. The molecule has 2 aromatic carbocycles. The van der Waals surface area contributed by atoms with Crippen LogP contribution in [0.1, 0.15) is 16.1 Å². The molecule has 3 aromatic rings. The second-order valence-electron chi connectivity index (χ2n) is 5.89. The molecule has 0 atom stereocenters. The zero-order chi connectivity index (χ0) is 19.2. The van der Waals surface area contributed by atoms with Crippen LogP contribution in [0.25, 0.3) is 17.3 Å². The SMILES string of the molecule is COc1ccc(/C=C/C(=O)NCc2ccc(-c3csc(C)n3)cc2)cc1F. The molecule has 1 aromatic heterocycles. The van der Waals surface area contributed by atoms with E-state index in [1.807, 2.05) is 36.6 Å². The number of hydrogen-bond donors (Lipinski definition) is 1. The first kappa shape index (κ1) is 18.8. The van der Waals surface area contributed by atoms with Gasteiger partial charge in [0.15, 0.2) is 11.6 Å². The third-order valence-electron chi connectivity index (χ3n) is 3.94. The fourth-order valence-corrected chi connectivity index (χ4v) is 3.12. The lowest BCUT2D eigenvalue weighted by Crippen LogP contribution is -2.20. The van der Waals surface area contributed by atoms with Crippen molar-refractivity contribution in [3.05, 3.63) is 75.9 Å². The summed E-state index contributed by atoms with van der Waals surface area (Å²) in [4.78, 5) is 16.4. The van der Waals surface area contributed by atoms with Crippen molar-refractivity contribution < 1.29 is 13.9 Å². The lowest BCUT2D eigenvalue weighted by molar-refractivity contribution is -0.116. The number of amides is 1. The number of methoxy groups -OCH3 is 1. The van der Waals surface area contributed by atoms with Crippen LogP contribution in [-0.4, -0.2) is 18.0 Å². The van der Waals surface area contributed by atoms with E-state index in [1.54, 1.807) is 23.5 Å². The van der Waals surface area contributed by atoms with Crippen molar-refractivity contribution in [1.82, 2.24) is 10.3 Å². The first-order valence-corrected chi connectivity index (χ1v) is 9.24. The molecule has 0 spiro atoms. The van der Waals surface area contributed by atoms with E-state index >= 15 is 0 Å². The summed E-state index contributed by atoms with van der Waals surface area (Å²) in [5.41, 5.74) is 3.59. The first-order chi connectivity index (χ1) is 13.0. The highest BCUT2D eigenvalue weighted by atomic mass is 32.1. The van der Waals surface area contributed by atoms with Gasteiger partial charge in [-0.2, -0.15) is 0 Å². The Morgan fingerprint density at radius 3 is 2.67 bits per heavy atom. The number of carbonyl (C=O) groups is 1. The monoisotopic (exact) mass is 382 g/mol. The van der Waals surface area contributed by atoms with Gasteiger partial charge in [0.05, 0.1) is 17.8 Å². The number of ether oxygens (including phenoxy) is 1. The fourth-order valence-electron chi connectivity index (χ4n) is 2.50. The molecule has 3 rings (SSSR count). The molecule has 1 N–H and O–H groups in total. The van der Waals surface area contributed by atoms with Crippen molar-refractivity contribution in [3.8, 4) is 17.0 Å². The highest BCUT2D eigenvalue weighted by Crippen LogP contribution is 2.22. The van der Waals surface area contributed by atoms with E-state index < -0.39 is 5.82 Å². The van der Waals surface area contributed by atoms with Gasteiger partial charge in [0, 0.05) is 23.6 Å². The summed E-state index contributed by atoms with van der Waals surface area (Å²) in [5.74, 6) is -0.534. The molecule has 27 heavy (non-hydrogen) atoms. The number of rotatable bonds is 6. The van der Waals surface area contributed by atoms with Crippen molar-refractivity contribution in [2.24, 2.45) is 0 Å². The Balaban J connectivity index is 1.55. The number of hydrogen-bond acceptors (Lipinski definition) is 4. The van der Waals surface area contributed by atoms with Crippen LogP contribution in [0.2, 0.25) is 0 Å². The van der Waals surface area contributed by atoms with Crippen LogP contribution in [0.15, 0.2) is 53.9 Å². The smallest absolute Gasteiger partial charge is 0.244 e. The van der Waals surface area contributed by atoms with Crippen molar-refractivity contribution in [1.29, 1.82) is 0 Å². The Hall–Kier alpha value is -2.99. The third kappa shape index (κ3) is 5.01. The molecular weight excluding hydrogens is 363 g/mol. The Kier molecular flexibility index (Phi) is 5.98. The maximum absolute atomic E-state index is 13.6. The minimum absolute atomic E-state index is 0.174. The second kappa shape index (κ2) is 8.60. The van der Waals surface area contributed by atoms with Gasteiger partial charge < -0.3 is 10.1 Å². The largest absolute Gasteiger partial charge is 0.494 e. The molecule has 138 valence electrons. The predicted molar refractivity (Wildman–Crippen MR) is 106 cm³/mol. The number of benzene rings is 2. The maximum Gasteiger partial charge on any atom is 0.244 e. The van der Waals surface area contributed by atoms with Crippen LogP contribution in [0.5, 0.6) is 5.75 Å². The molecule has 0 radical (unpaired) electrons. The summed E-state index contributed by atoms with van der Waals surface area (Å²) < 4.78 is 18.5. The molecule has 6 heteroatoms. The predicted octanol–water partition coefficient (Wildman–Crippen LogP) is 4.60. The Morgan fingerprint density at radius 2 is 2.04 bits per heavy atom. The van der Waals surface area contributed by atoms with Crippen molar-refractivity contribution >= 4 is 23.3 Å². The van der Waals surface area contributed by atoms with E-state index in [4.69, 9.17) is 4.74 Å². The van der Waals surface area contributed by atoms with E-state index in [9.17, 15) is 9.18 Å². The summed E-state index contributed by atoms with van der Waals surface area (Å²) in [5, 5.41) is 5.87. The minimum Gasteiger partial charge on any atom is -0.494 e. The average Bonchev–Trinajstić information content (AvgIpc) is 3.11. The van der Waals surface area contributed by atoms with Gasteiger partial charge in [-0.15, -0.1) is 11.3 Å². The minimum atomic E-state index is -0.463. The van der Waals surface area contributed by atoms with Gasteiger partial charge in [0.1, 0.15) is 0 Å². The van der Waals surface area contributed by atoms with E-state index in [0.29, 0.717) is 12.1 Å². The quantitative estimate of drug-likeness (QED) is 0.634. The van der Waals surface area contributed by atoms with Crippen molar-refractivity contribution in [3.63, 3.8) is 0 Å². The lowest BCUT2D eigenvalue weighted by Gasteiger charge is -2.04. The number of aryl methyl sites for hydroxylation is 1. The molecule has 0 bridgehead atoms. The third-order valence-corrected chi connectivity index (χ3v) is 4.71. The van der Waals surface area contributed by atoms with E-state index in [1.165, 1.54) is 25.3 Å². The summed E-state index contributed by atoms with van der Waals surface area (Å²) in [7, 11) is 1.41. The highest BCUT2D eigenvalue weighted by Gasteiger charge is 2.04. The Morgan fingerprint density at radius 1 is 1.26 bits per heavy atom. The molecule has 4 nitrogen and oxygen atoms in total. The molecule has 0 aliphatic carbocycles. The first-order valence-electron chi connectivity index (χ1n) is 8.36. The van der Waals surface area contributed by atoms with Crippen LogP contribution in [0, 0.1) is 12.7 Å². The molecule has 0 unspecified atom stereocenters. The van der Waals surface area contributed by atoms with E-state index in [2.05, 4.69) is 10.3 Å². The molecular formula is C21H19FN2O2S. The molecule has 1 heterocycles. The number of aromatic nitrogens is 1. The molecule has 0 aliphatic rings. The molecule has 0 fully saturated rings. The van der Waals surface area contributed by atoms with Gasteiger partial charge in [0.2, 0.25) is 5.91 Å². The zero-order valence-electron chi connectivity index (χ0n) is 15.0. The average molecular weight is 382 g/mol. The van der Waals surface area contributed by atoms with Gasteiger partial charge in [-0.05, 0) is 36.3 Å². The van der Waals surface area contributed by atoms with Gasteiger partial charge in [-0.1, -0.05) is 30.3 Å². The second-order valence-corrected chi connectivity index (χ2v) is 6.96. The van der Waals surface area contributed by atoms with Gasteiger partial charge in [-0.25, -0.2) is 9.37 Å². The normalized spacial score (nSPS) is 10.9. The summed E-state index contributed by atoms with van der Waals surface area (Å²) in [6.07, 6.45) is 2.94. The Labute approximate surface area is 161 Å². The molecule has 0 saturated carbocycles. The fraction of sp³-hybridized carbons (Fsp3) is 0.143. The number of thiazole rings is 1.